The lowest BCUT2D eigenvalue weighted by atomic mass is 10.4. The lowest BCUT2D eigenvalue weighted by molar-refractivity contribution is 0.965. The van der Waals surface area contributed by atoms with Gasteiger partial charge in [0.2, 0.25) is 0 Å². The largest absolute Gasteiger partial charge is 0.134 e. The molecule has 0 N–H and O–H groups in total. The summed E-state index contributed by atoms with van der Waals surface area (Å²) in [4.78, 5) is 1.24. The van der Waals surface area contributed by atoms with Crippen LogP contribution in [0.3, 0.4) is 0 Å². The molecule has 1 aromatic rings. The molecule has 1 aromatic carbocycles. The Bertz CT molecular complexity index is 297. The van der Waals surface area contributed by atoms with Crippen LogP contribution in [0, 0.1) is 5.92 Å². The Balaban J connectivity index is 2.02. The van der Waals surface area contributed by atoms with Gasteiger partial charge in [-0.1, -0.05) is 25.1 Å². The molecule has 0 nitrogen and oxygen atoms in total. The van der Waals surface area contributed by atoms with E-state index in [0.29, 0.717) is 11.2 Å². The summed E-state index contributed by atoms with van der Waals surface area (Å²) in [7, 11) is 0. The van der Waals surface area contributed by atoms with Crippen LogP contribution in [-0.4, -0.2) is 9.58 Å². The lowest BCUT2D eigenvalue weighted by Gasteiger charge is -1.99. The van der Waals surface area contributed by atoms with E-state index in [2.05, 4.69) is 19.1 Å². The Morgan fingerprint density at radius 3 is 2.23 bits per heavy atom. The first-order chi connectivity index (χ1) is 6.12. The molecule has 2 rings (SSSR count). The van der Waals surface area contributed by atoms with Crippen LogP contribution in [0.1, 0.15) is 6.92 Å². The second kappa shape index (κ2) is 3.38. The molecule has 1 fully saturated rings. The summed E-state index contributed by atoms with van der Waals surface area (Å²) < 4.78 is -0.513. The number of hydrogen-bond donors (Lipinski definition) is 0. The molecule has 0 amide bonds. The highest BCUT2D eigenvalue weighted by Gasteiger charge is 2.60. The second-order valence-electron chi connectivity index (χ2n) is 3.31. The molecule has 70 valence electrons. The van der Waals surface area contributed by atoms with Gasteiger partial charge in [0, 0.05) is 16.1 Å². The third kappa shape index (κ3) is 1.83. The highest BCUT2D eigenvalue weighted by Crippen LogP contribution is 2.60. The van der Waals surface area contributed by atoms with Crippen LogP contribution < -0.4 is 0 Å². The van der Waals surface area contributed by atoms with Gasteiger partial charge < -0.3 is 0 Å². The van der Waals surface area contributed by atoms with Crippen molar-refractivity contribution in [2.24, 2.45) is 5.92 Å². The first-order valence-electron chi connectivity index (χ1n) is 4.22. The summed E-state index contributed by atoms with van der Waals surface area (Å²) in [5, 5.41) is 0.346. The Kier molecular flexibility index (Phi) is 2.52. The topological polar surface area (TPSA) is 0 Å². The van der Waals surface area contributed by atoms with Gasteiger partial charge in [0.05, 0.1) is 0 Å². The van der Waals surface area contributed by atoms with Crippen molar-refractivity contribution in [1.82, 2.24) is 0 Å². The minimum Gasteiger partial charge on any atom is -0.119 e. The first-order valence-corrected chi connectivity index (χ1v) is 5.85. The molecule has 1 aliphatic rings. The average molecular weight is 233 g/mol. The maximum absolute atomic E-state index is 6.05. The highest BCUT2D eigenvalue weighted by atomic mass is 35.5. The summed E-state index contributed by atoms with van der Waals surface area (Å²) in [6.45, 7) is 2.08. The standard InChI is InChI=1S/C10H10Cl2S/c1-7-9(10(7,11)12)13-8-5-3-2-4-6-8/h2-7,9H,1H3/t7-,9-/m1/s1. The van der Waals surface area contributed by atoms with Crippen molar-refractivity contribution >= 4 is 35.0 Å². The number of benzene rings is 1. The summed E-state index contributed by atoms with van der Waals surface area (Å²) in [5.74, 6) is 0.390. The minimum absolute atomic E-state index is 0.346. The summed E-state index contributed by atoms with van der Waals surface area (Å²) in [5.41, 5.74) is 0. The van der Waals surface area contributed by atoms with Crippen LogP contribution >= 0.6 is 35.0 Å². The van der Waals surface area contributed by atoms with Crippen molar-refractivity contribution in [3.8, 4) is 0 Å². The SMILES string of the molecule is C[C@@H]1[C@@H](Sc2ccccc2)C1(Cl)Cl. The fourth-order valence-corrected chi connectivity index (χ4v) is 3.51. The van der Waals surface area contributed by atoms with Crippen LogP contribution in [0.4, 0.5) is 0 Å². The molecule has 13 heavy (non-hydrogen) atoms. The van der Waals surface area contributed by atoms with Crippen LogP contribution in [0.5, 0.6) is 0 Å². The molecule has 2 atom stereocenters. The maximum atomic E-state index is 6.05. The van der Waals surface area contributed by atoms with Crippen molar-refractivity contribution < 1.29 is 0 Å². The van der Waals surface area contributed by atoms with Gasteiger partial charge >= 0.3 is 0 Å². The Morgan fingerprint density at radius 2 is 1.77 bits per heavy atom. The number of alkyl halides is 2. The fraction of sp³-hybridized carbons (Fsp3) is 0.400. The second-order valence-corrected chi connectivity index (χ2v) is 5.97. The molecule has 0 unspecified atom stereocenters. The predicted molar refractivity (Wildman–Crippen MR) is 59.7 cm³/mol. The molecule has 0 heterocycles. The third-order valence-electron chi connectivity index (χ3n) is 2.34. The number of halogens is 2. The van der Waals surface area contributed by atoms with Gasteiger partial charge in [0.25, 0.3) is 0 Å². The van der Waals surface area contributed by atoms with Gasteiger partial charge in [-0.2, -0.15) is 0 Å². The van der Waals surface area contributed by atoms with Crippen molar-refractivity contribution in [2.75, 3.05) is 0 Å². The van der Waals surface area contributed by atoms with Crippen molar-refractivity contribution in [2.45, 2.75) is 21.4 Å². The predicted octanol–water partition coefficient (Wildman–Crippen LogP) is 3.97. The van der Waals surface area contributed by atoms with E-state index < -0.39 is 4.33 Å². The van der Waals surface area contributed by atoms with Crippen LogP contribution in [0.2, 0.25) is 0 Å². The fourth-order valence-electron chi connectivity index (χ4n) is 1.27. The third-order valence-corrected chi connectivity index (χ3v) is 5.33. The van der Waals surface area contributed by atoms with E-state index in [0.717, 1.165) is 0 Å². The van der Waals surface area contributed by atoms with Gasteiger partial charge in [0.1, 0.15) is 4.33 Å². The van der Waals surface area contributed by atoms with Gasteiger partial charge in [0.15, 0.2) is 0 Å². The normalized spacial score (nSPS) is 30.1. The summed E-state index contributed by atoms with van der Waals surface area (Å²) >= 11 is 13.9. The van der Waals surface area contributed by atoms with E-state index in [1.54, 1.807) is 11.8 Å². The zero-order valence-corrected chi connectivity index (χ0v) is 9.53. The van der Waals surface area contributed by atoms with Crippen LogP contribution in [0.15, 0.2) is 35.2 Å². The molecule has 0 spiro atoms. The molecule has 0 aliphatic heterocycles. The van der Waals surface area contributed by atoms with E-state index in [4.69, 9.17) is 23.2 Å². The van der Waals surface area contributed by atoms with Gasteiger partial charge in [-0.05, 0) is 12.1 Å². The summed E-state index contributed by atoms with van der Waals surface area (Å²) in [6.07, 6.45) is 0. The minimum atomic E-state index is -0.513. The van der Waals surface area contributed by atoms with E-state index in [1.807, 2.05) is 18.2 Å². The molecular weight excluding hydrogens is 223 g/mol. The molecule has 3 heteroatoms. The van der Waals surface area contributed by atoms with Gasteiger partial charge in [-0.25, -0.2) is 0 Å². The maximum Gasteiger partial charge on any atom is 0.134 e. The Labute approximate surface area is 92.6 Å². The average Bonchev–Trinajstić information content (AvgIpc) is 2.57. The van der Waals surface area contributed by atoms with Crippen molar-refractivity contribution in [1.29, 1.82) is 0 Å². The van der Waals surface area contributed by atoms with E-state index >= 15 is 0 Å². The first kappa shape index (κ1) is 9.70. The van der Waals surface area contributed by atoms with Gasteiger partial charge in [-0.3, -0.25) is 0 Å². The smallest absolute Gasteiger partial charge is 0.119 e. The van der Waals surface area contributed by atoms with Crippen molar-refractivity contribution in [3.63, 3.8) is 0 Å². The monoisotopic (exact) mass is 232 g/mol. The summed E-state index contributed by atoms with van der Waals surface area (Å²) in [6, 6.07) is 10.2. The molecule has 1 aliphatic carbocycles. The Hall–Kier alpha value is 0.150. The zero-order chi connectivity index (χ0) is 9.47. The highest BCUT2D eigenvalue weighted by molar-refractivity contribution is 8.00. The molecule has 0 radical (unpaired) electrons. The number of hydrogen-bond acceptors (Lipinski definition) is 1. The van der Waals surface area contributed by atoms with Crippen LogP contribution in [0.25, 0.3) is 0 Å². The lowest BCUT2D eigenvalue weighted by Crippen LogP contribution is -1.90. The number of rotatable bonds is 2. The molecule has 1 saturated carbocycles. The quantitative estimate of drug-likeness (QED) is 0.696. The number of thioether (sulfide) groups is 1. The molecule has 0 aromatic heterocycles. The van der Waals surface area contributed by atoms with E-state index in [-0.39, 0.29) is 0 Å². The molecular formula is C10H10Cl2S. The zero-order valence-electron chi connectivity index (χ0n) is 7.21. The van der Waals surface area contributed by atoms with E-state index in [1.165, 1.54) is 4.90 Å². The molecule has 0 bridgehead atoms. The van der Waals surface area contributed by atoms with E-state index in [9.17, 15) is 0 Å². The van der Waals surface area contributed by atoms with Crippen LogP contribution in [-0.2, 0) is 0 Å². The van der Waals surface area contributed by atoms with Gasteiger partial charge in [-0.15, -0.1) is 35.0 Å². The van der Waals surface area contributed by atoms with Crippen molar-refractivity contribution in [3.05, 3.63) is 30.3 Å². The Morgan fingerprint density at radius 1 is 1.23 bits per heavy atom. The molecule has 0 saturated heterocycles.